The van der Waals surface area contributed by atoms with Gasteiger partial charge in [0.15, 0.2) is 6.61 Å². The van der Waals surface area contributed by atoms with Gasteiger partial charge in [0.1, 0.15) is 5.75 Å². The molecule has 0 aromatic heterocycles. The molecule has 2 saturated heterocycles. The molecule has 2 heterocycles. The van der Waals surface area contributed by atoms with Crippen LogP contribution in [0.4, 0.5) is 0 Å². The van der Waals surface area contributed by atoms with Crippen molar-refractivity contribution >= 4 is 29.4 Å². The number of thioether (sulfide) groups is 2. The minimum absolute atomic E-state index is 0.0422. The maximum Gasteiger partial charge on any atom is 0.257 e. The molecule has 0 radical (unpaired) electrons. The average molecular weight is 381 g/mol. The van der Waals surface area contributed by atoms with Crippen molar-refractivity contribution in [3.8, 4) is 5.75 Å². The van der Waals surface area contributed by atoms with Gasteiger partial charge in [0.25, 0.3) is 5.91 Å². The molecule has 1 N–H and O–H groups in total. The van der Waals surface area contributed by atoms with Crippen LogP contribution in [-0.2, 0) is 4.79 Å². The lowest BCUT2D eigenvalue weighted by Crippen LogP contribution is -2.39. The molecule has 0 aliphatic carbocycles. The molecule has 0 spiro atoms. The largest absolute Gasteiger partial charge is 0.484 e. The molecule has 1 aromatic carbocycles. The Kier molecular flexibility index (Phi) is 7.82. The molecule has 138 valence electrons. The van der Waals surface area contributed by atoms with E-state index in [4.69, 9.17) is 4.74 Å². The van der Waals surface area contributed by atoms with Gasteiger partial charge in [0, 0.05) is 13.1 Å². The molecule has 1 aromatic rings. The van der Waals surface area contributed by atoms with Crippen molar-refractivity contribution in [2.75, 3.05) is 44.3 Å². The zero-order valence-electron chi connectivity index (χ0n) is 14.7. The fourth-order valence-corrected chi connectivity index (χ4v) is 6.03. The maximum atomic E-state index is 11.9. The standard InChI is InChI=1S/C19H28N2O2S2/c22-18(20-9-12-21-10-2-1-3-11-21)15-23-17-7-5-16(6-8-17)19-24-13-4-14-25-19/h5-8,19H,1-4,9-15H2,(H,20,22). The van der Waals surface area contributed by atoms with Gasteiger partial charge in [-0.1, -0.05) is 18.6 Å². The fraction of sp³-hybridized carbons (Fsp3) is 0.632. The summed E-state index contributed by atoms with van der Waals surface area (Å²) in [5, 5.41) is 2.95. The van der Waals surface area contributed by atoms with Gasteiger partial charge in [0.2, 0.25) is 0 Å². The SMILES string of the molecule is O=C(COc1ccc(C2SCCCS2)cc1)NCCN1CCCCC1. The van der Waals surface area contributed by atoms with E-state index in [1.54, 1.807) is 0 Å². The van der Waals surface area contributed by atoms with Crippen LogP contribution in [0.3, 0.4) is 0 Å². The summed E-state index contributed by atoms with van der Waals surface area (Å²) in [6.07, 6.45) is 5.21. The smallest absolute Gasteiger partial charge is 0.257 e. The zero-order valence-corrected chi connectivity index (χ0v) is 16.4. The molecule has 1 amide bonds. The third-order valence-corrected chi connectivity index (χ3v) is 7.56. The number of ether oxygens (including phenoxy) is 1. The van der Waals surface area contributed by atoms with Crippen LogP contribution in [0.1, 0.15) is 35.8 Å². The highest BCUT2D eigenvalue weighted by atomic mass is 32.2. The monoisotopic (exact) mass is 380 g/mol. The number of nitrogens with zero attached hydrogens (tertiary/aromatic N) is 1. The van der Waals surface area contributed by atoms with Crippen molar-refractivity contribution in [1.29, 1.82) is 0 Å². The van der Waals surface area contributed by atoms with Crippen molar-refractivity contribution in [1.82, 2.24) is 10.2 Å². The van der Waals surface area contributed by atoms with E-state index in [9.17, 15) is 4.79 Å². The highest BCUT2D eigenvalue weighted by Gasteiger charge is 2.16. The quantitative estimate of drug-likeness (QED) is 0.784. The molecular formula is C19H28N2O2S2. The minimum atomic E-state index is -0.0422. The molecule has 0 unspecified atom stereocenters. The Morgan fingerprint density at radius 3 is 2.52 bits per heavy atom. The number of nitrogens with one attached hydrogen (secondary N) is 1. The number of rotatable bonds is 7. The molecule has 25 heavy (non-hydrogen) atoms. The van der Waals surface area contributed by atoms with E-state index in [0.29, 0.717) is 11.1 Å². The van der Waals surface area contributed by atoms with Crippen LogP contribution in [0.5, 0.6) is 5.75 Å². The third kappa shape index (κ3) is 6.42. The highest BCUT2D eigenvalue weighted by Crippen LogP contribution is 2.43. The van der Waals surface area contributed by atoms with Crippen LogP contribution in [0.15, 0.2) is 24.3 Å². The van der Waals surface area contributed by atoms with Crippen LogP contribution >= 0.6 is 23.5 Å². The predicted molar refractivity (Wildman–Crippen MR) is 108 cm³/mol. The lowest BCUT2D eigenvalue weighted by atomic mass is 10.1. The van der Waals surface area contributed by atoms with Gasteiger partial charge >= 0.3 is 0 Å². The summed E-state index contributed by atoms with van der Waals surface area (Å²) in [4.78, 5) is 14.3. The van der Waals surface area contributed by atoms with Gasteiger partial charge in [-0.05, 0) is 61.6 Å². The number of likely N-dealkylation sites (tertiary alicyclic amines) is 1. The first kappa shape index (κ1) is 18.9. The lowest BCUT2D eigenvalue weighted by Gasteiger charge is -2.26. The van der Waals surface area contributed by atoms with Crippen molar-refractivity contribution < 1.29 is 9.53 Å². The van der Waals surface area contributed by atoms with Crippen molar-refractivity contribution in [2.24, 2.45) is 0 Å². The third-order valence-electron chi connectivity index (χ3n) is 4.55. The maximum absolute atomic E-state index is 11.9. The number of benzene rings is 1. The minimum Gasteiger partial charge on any atom is -0.484 e. The van der Waals surface area contributed by atoms with Gasteiger partial charge in [-0.2, -0.15) is 0 Å². The first-order valence-corrected chi connectivity index (χ1v) is 11.4. The Morgan fingerprint density at radius 1 is 1.08 bits per heavy atom. The summed E-state index contributed by atoms with van der Waals surface area (Å²) >= 11 is 4.03. The van der Waals surface area contributed by atoms with Gasteiger partial charge in [-0.3, -0.25) is 4.79 Å². The summed E-state index contributed by atoms with van der Waals surface area (Å²) < 4.78 is 6.16. The summed E-state index contributed by atoms with van der Waals surface area (Å²) in [6.45, 7) is 4.06. The van der Waals surface area contributed by atoms with Gasteiger partial charge in [-0.15, -0.1) is 23.5 Å². The normalized spacial score (nSPS) is 19.5. The molecule has 2 aliphatic heterocycles. The zero-order chi connectivity index (χ0) is 17.3. The summed E-state index contributed by atoms with van der Waals surface area (Å²) in [7, 11) is 0. The van der Waals surface area contributed by atoms with Gasteiger partial charge in [0.05, 0.1) is 4.58 Å². The van der Waals surface area contributed by atoms with E-state index < -0.39 is 0 Å². The number of carbonyl (C=O) groups is 1. The molecule has 2 fully saturated rings. The Bertz CT molecular complexity index is 527. The van der Waals surface area contributed by atoms with E-state index in [1.807, 2.05) is 35.7 Å². The molecule has 3 rings (SSSR count). The van der Waals surface area contributed by atoms with Crippen LogP contribution in [-0.4, -0.2) is 55.1 Å². The topological polar surface area (TPSA) is 41.6 Å². The van der Waals surface area contributed by atoms with Gasteiger partial charge in [-0.25, -0.2) is 0 Å². The van der Waals surface area contributed by atoms with Crippen LogP contribution in [0.2, 0.25) is 0 Å². The van der Waals surface area contributed by atoms with E-state index in [-0.39, 0.29) is 12.5 Å². The number of hydrogen-bond acceptors (Lipinski definition) is 5. The molecule has 4 nitrogen and oxygen atoms in total. The summed E-state index contributed by atoms with van der Waals surface area (Å²) in [6, 6.07) is 8.21. The molecule has 0 bridgehead atoms. The van der Waals surface area contributed by atoms with Crippen LogP contribution in [0.25, 0.3) is 0 Å². The summed E-state index contributed by atoms with van der Waals surface area (Å²) in [5.41, 5.74) is 1.34. The first-order valence-electron chi connectivity index (χ1n) is 9.26. The van der Waals surface area contributed by atoms with Crippen molar-refractivity contribution in [3.05, 3.63) is 29.8 Å². The van der Waals surface area contributed by atoms with E-state index >= 15 is 0 Å². The molecular weight excluding hydrogens is 352 g/mol. The molecule has 0 saturated carbocycles. The number of amides is 1. The van der Waals surface area contributed by atoms with Crippen LogP contribution in [0, 0.1) is 0 Å². The molecule has 0 atom stereocenters. The Labute approximate surface area is 159 Å². The molecule has 2 aliphatic rings. The average Bonchev–Trinajstić information content (AvgIpc) is 2.68. The second-order valence-electron chi connectivity index (χ2n) is 6.54. The number of carbonyl (C=O) groups excluding carboxylic acids is 1. The van der Waals surface area contributed by atoms with Gasteiger partial charge < -0.3 is 15.0 Å². The lowest BCUT2D eigenvalue weighted by molar-refractivity contribution is -0.123. The van der Waals surface area contributed by atoms with Crippen LogP contribution < -0.4 is 10.1 Å². The Balaban J connectivity index is 1.34. The van der Waals surface area contributed by atoms with E-state index in [0.717, 1.165) is 25.4 Å². The first-order chi connectivity index (χ1) is 12.3. The van der Waals surface area contributed by atoms with Crippen molar-refractivity contribution in [2.45, 2.75) is 30.3 Å². The second-order valence-corrected chi connectivity index (χ2v) is 9.26. The van der Waals surface area contributed by atoms with E-state index in [2.05, 4.69) is 22.3 Å². The second kappa shape index (κ2) is 10.3. The Morgan fingerprint density at radius 2 is 1.80 bits per heavy atom. The Hall–Kier alpha value is -0.850. The predicted octanol–water partition coefficient (Wildman–Crippen LogP) is 3.54. The fourth-order valence-electron chi connectivity index (χ4n) is 3.14. The summed E-state index contributed by atoms with van der Waals surface area (Å²) in [5.74, 6) is 3.21. The number of piperidine rings is 1. The molecule has 6 heteroatoms. The number of hydrogen-bond donors (Lipinski definition) is 1. The van der Waals surface area contributed by atoms with Crippen molar-refractivity contribution in [3.63, 3.8) is 0 Å². The van der Waals surface area contributed by atoms with E-state index in [1.165, 1.54) is 42.8 Å². The highest BCUT2D eigenvalue weighted by molar-refractivity contribution is 8.16.